The molecule has 0 saturated heterocycles. The zero-order valence-corrected chi connectivity index (χ0v) is 14.3. The Bertz CT molecular complexity index is 519. The van der Waals surface area contributed by atoms with Crippen LogP contribution in [0.3, 0.4) is 0 Å². The highest BCUT2D eigenvalue weighted by atomic mass is 16.6. The average Bonchev–Trinajstić information content (AvgIpc) is 2.50. The van der Waals surface area contributed by atoms with Crippen LogP contribution in [0.5, 0.6) is 0 Å². The fourth-order valence-corrected chi connectivity index (χ4v) is 2.21. The molecule has 0 amide bonds. The van der Waals surface area contributed by atoms with Crippen molar-refractivity contribution >= 4 is 18.0 Å². The van der Waals surface area contributed by atoms with Gasteiger partial charge >= 0.3 is 11.9 Å². The molecule has 0 aliphatic heterocycles. The van der Waals surface area contributed by atoms with Crippen LogP contribution in [0.4, 0.5) is 0 Å². The Balaban J connectivity index is 2.63. The molecule has 0 saturated carbocycles. The molecule has 0 aliphatic rings. The Morgan fingerprint density at radius 1 is 1.09 bits per heavy atom. The van der Waals surface area contributed by atoms with Crippen LogP contribution in [0.1, 0.15) is 46.1 Å². The Labute approximate surface area is 138 Å². The van der Waals surface area contributed by atoms with Crippen LogP contribution in [0.2, 0.25) is 0 Å². The van der Waals surface area contributed by atoms with Crippen LogP contribution in [-0.2, 0) is 19.1 Å². The molecule has 0 fully saturated rings. The smallest absolute Gasteiger partial charge is 0.331 e. The molecule has 0 heterocycles. The van der Waals surface area contributed by atoms with Crippen molar-refractivity contribution in [3.05, 3.63) is 42.0 Å². The highest BCUT2D eigenvalue weighted by Gasteiger charge is 2.28. The lowest BCUT2D eigenvalue weighted by Gasteiger charge is -2.22. The van der Waals surface area contributed by atoms with Crippen molar-refractivity contribution in [2.24, 2.45) is 5.92 Å². The van der Waals surface area contributed by atoms with E-state index in [2.05, 4.69) is 0 Å². The third-order valence-corrected chi connectivity index (χ3v) is 3.33. The van der Waals surface area contributed by atoms with Gasteiger partial charge in [-0.3, -0.25) is 4.79 Å². The summed E-state index contributed by atoms with van der Waals surface area (Å²) in [6, 6.07) is 9.49. The second kappa shape index (κ2) is 9.82. The van der Waals surface area contributed by atoms with Crippen LogP contribution in [0, 0.1) is 5.92 Å². The van der Waals surface area contributed by atoms with Gasteiger partial charge in [-0.1, -0.05) is 43.7 Å². The van der Waals surface area contributed by atoms with Crippen molar-refractivity contribution in [1.29, 1.82) is 0 Å². The van der Waals surface area contributed by atoms with Crippen molar-refractivity contribution in [3.8, 4) is 0 Å². The van der Waals surface area contributed by atoms with E-state index < -0.39 is 18.0 Å². The SMILES string of the molecule is CCCC(C(=O)OC(C)C)C(C)OC(=O)/C=C/c1ccccc1. The highest BCUT2D eigenvalue weighted by Crippen LogP contribution is 2.18. The van der Waals surface area contributed by atoms with Crippen LogP contribution >= 0.6 is 0 Å². The largest absolute Gasteiger partial charge is 0.463 e. The van der Waals surface area contributed by atoms with Gasteiger partial charge in [0, 0.05) is 6.08 Å². The quantitative estimate of drug-likeness (QED) is 0.537. The predicted octanol–water partition coefficient (Wildman–Crippen LogP) is 4.00. The van der Waals surface area contributed by atoms with Crippen molar-refractivity contribution in [2.75, 3.05) is 0 Å². The topological polar surface area (TPSA) is 52.6 Å². The molecule has 126 valence electrons. The Kier molecular flexibility index (Phi) is 8.09. The minimum Gasteiger partial charge on any atom is -0.463 e. The maximum atomic E-state index is 12.1. The molecule has 0 aliphatic carbocycles. The van der Waals surface area contributed by atoms with E-state index >= 15 is 0 Å². The number of hydrogen-bond acceptors (Lipinski definition) is 4. The number of rotatable bonds is 8. The molecule has 1 rings (SSSR count). The van der Waals surface area contributed by atoms with Gasteiger partial charge in [-0.25, -0.2) is 4.79 Å². The van der Waals surface area contributed by atoms with Crippen LogP contribution in [0.15, 0.2) is 36.4 Å². The Morgan fingerprint density at radius 2 is 1.74 bits per heavy atom. The van der Waals surface area contributed by atoms with Gasteiger partial charge in [0.05, 0.1) is 12.0 Å². The van der Waals surface area contributed by atoms with Gasteiger partial charge in [0.2, 0.25) is 0 Å². The van der Waals surface area contributed by atoms with E-state index in [9.17, 15) is 9.59 Å². The summed E-state index contributed by atoms with van der Waals surface area (Å²) < 4.78 is 10.6. The van der Waals surface area contributed by atoms with E-state index in [1.807, 2.05) is 37.3 Å². The summed E-state index contributed by atoms with van der Waals surface area (Å²) in [6.07, 6.45) is 3.82. The summed E-state index contributed by atoms with van der Waals surface area (Å²) in [4.78, 5) is 24.0. The molecule has 0 bridgehead atoms. The molecule has 0 spiro atoms. The second-order valence-electron chi connectivity index (χ2n) is 5.77. The lowest BCUT2D eigenvalue weighted by Crippen LogP contribution is -2.32. The van der Waals surface area contributed by atoms with E-state index in [-0.39, 0.29) is 12.1 Å². The monoisotopic (exact) mass is 318 g/mol. The first-order valence-corrected chi connectivity index (χ1v) is 8.08. The standard InChI is InChI=1S/C19H26O4/c1-5-9-17(19(21)22-14(2)3)15(4)23-18(20)13-12-16-10-7-6-8-11-16/h6-8,10-15,17H,5,9H2,1-4H3/b13-12+. The Morgan fingerprint density at radius 3 is 2.30 bits per heavy atom. The van der Waals surface area contributed by atoms with Crippen molar-refractivity contribution in [2.45, 2.75) is 52.7 Å². The van der Waals surface area contributed by atoms with Crippen molar-refractivity contribution in [1.82, 2.24) is 0 Å². The first-order chi connectivity index (χ1) is 10.9. The minimum atomic E-state index is -0.519. The van der Waals surface area contributed by atoms with E-state index in [1.54, 1.807) is 26.8 Å². The van der Waals surface area contributed by atoms with E-state index in [0.717, 1.165) is 12.0 Å². The molecular weight excluding hydrogens is 292 g/mol. The molecule has 23 heavy (non-hydrogen) atoms. The van der Waals surface area contributed by atoms with Gasteiger partial charge in [-0.05, 0) is 38.8 Å². The first-order valence-electron chi connectivity index (χ1n) is 8.08. The summed E-state index contributed by atoms with van der Waals surface area (Å²) in [6.45, 7) is 7.33. The first kappa shape index (κ1) is 18.9. The number of benzene rings is 1. The summed E-state index contributed by atoms with van der Waals surface area (Å²) in [5, 5.41) is 0. The molecule has 0 radical (unpaired) electrons. The summed E-state index contributed by atoms with van der Waals surface area (Å²) >= 11 is 0. The lowest BCUT2D eigenvalue weighted by atomic mass is 9.98. The number of carbonyl (C=O) groups excluding carboxylic acids is 2. The van der Waals surface area contributed by atoms with Gasteiger partial charge in [-0.15, -0.1) is 0 Å². The molecule has 1 aromatic rings. The van der Waals surface area contributed by atoms with Crippen molar-refractivity contribution < 1.29 is 19.1 Å². The van der Waals surface area contributed by atoms with Gasteiger partial charge < -0.3 is 9.47 Å². The van der Waals surface area contributed by atoms with E-state index in [0.29, 0.717) is 6.42 Å². The fraction of sp³-hybridized carbons (Fsp3) is 0.474. The lowest BCUT2D eigenvalue weighted by molar-refractivity contribution is -0.161. The molecule has 0 aromatic heterocycles. The normalized spacial score (nSPS) is 13.8. The molecule has 4 heteroatoms. The zero-order chi connectivity index (χ0) is 17.2. The minimum absolute atomic E-state index is 0.178. The molecule has 2 atom stereocenters. The zero-order valence-electron chi connectivity index (χ0n) is 14.3. The van der Waals surface area contributed by atoms with E-state index in [4.69, 9.17) is 9.47 Å². The molecular formula is C19H26O4. The summed E-state index contributed by atoms with van der Waals surface area (Å²) in [7, 11) is 0. The molecule has 0 N–H and O–H groups in total. The van der Waals surface area contributed by atoms with Gasteiger partial charge in [0.15, 0.2) is 0 Å². The third-order valence-electron chi connectivity index (χ3n) is 3.33. The van der Waals surface area contributed by atoms with Crippen LogP contribution in [0.25, 0.3) is 6.08 Å². The van der Waals surface area contributed by atoms with Gasteiger partial charge in [-0.2, -0.15) is 0 Å². The molecule has 2 unspecified atom stereocenters. The summed E-state index contributed by atoms with van der Waals surface area (Å²) in [5.74, 6) is -1.20. The predicted molar refractivity (Wildman–Crippen MR) is 90.7 cm³/mol. The van der Waals surface area contributed by atoms with Crippen LogP contribution < -0.4 is 0 Å². The maximum absolute atomic E-state index is 12.1. The third kappa shape index (κ3) is 7.13. The average molecular weight is 318 g/mol. The Hall–Kier alpha value is -2.10. The number of carbonyl (C=O) groups is 2. The number of ether oxygens (including phenoxy) is 2. The van der Waals surface area contributed by atoms with Gasteiger partial charge in [0.25, 0.3) is 0 Å². The fourth-order valence-electron chi connectivity index (χ4n) is 2.21. The van der Waals surface area contributed by atoms with Crippen molar-refractivity contribution in [3.63, 3.8) is 0 Å². The number of hydrogen-bond donors (Lipinski definition) is 0. The molecule has 1 aromatic carbocycles. The highest BCUT2D eigenvalue weighted by molar-refractivity contribution is 5.87. The molecule has 4 nitrogen and oxygen atoms in total. The maximum Gasteiger partial charge on any atom is 0.331 e. The van der Waals surface area contributed by atoms with Crippen LogP contribution in [-0.4, -0.2) is 24.1 Å². The number of esters is 2. The van der Waals surface area contributed by atoms with Gasteiger partial charge in [0.1, 0.15) is 6.10 Å². The summed E-state index contributed by atoms with van der Waals surface area (Å²) in [5.41, 5.74) is 0.918. The van der Waals surface area contributed by atoms with E-state index in [1.165, 1.54) is 6.08 Å². The second-order valence-corrected chi connectivity index (χ2v) is 5.77.